The van der Waals surface area contributed by atoms with Crippen LogP contribution < -0.4 is 22.6 Å². The highest BCUT2D eigenvalue weighted by molar-refractivity contribution is 7.47. The molecule has 0 amide bonds. The van der Waals surface area contributed by atoms with Crippen LogP contribution in [0.5, 0.6) is 0 Å². The van der Waals surface area contributed by atoms with Gasteiger partial charge in [0.05, 0.1) is 37.5 Å². The number of fused-ring (bicyclic) bond motifs is 2. The van der Waals surface area contributed by atoms with E-state index in [1.807, 2.05) is 0 Å². The molecule has 250 valence electrons. The monoisotopic (exact) mass is 691 g/mol. The molecule has 0 spiro atoms. The topological polar surface area (TPSA) is 348 Å². The summed E-state index contributed by atoms with van der Waals surface area (Å²) in [6.07, 6.45) is -7.70. The number of phosphoric acid groups is 2. The van der Waals surface area contributed by atoms with Crippen molar-refractivity contribution in [3.63, 3.8) is 0 Å². The molecule has 23 nitrogen and oxygen atoms in total. The fraction of sp³-hybridized carbons (Fsp3) is 0.476. The zero-order chi connectivity index (χ0) is 33.1. The van der Waals surface area contributed by atoms with Crippen LogP contribution in [-0.4, -0.2) is 103 Å². The van der Waals surface area contributed by atoms with Crippen molar-refractivity contribution >= 4 is 49.6 Å². The molecule has 0 radical (unpaired) electrons. The van der Waals surface area contributed by atoms with Crippen molar-refractivity contribution in [3.8, 4) is 0 Å². The van der Waals surface area contributed by atoms with Crippen molar-refractivity contribution in [2.24, 2.45) is 0 Å². The van der Waals surface area contributed by atoms with Crippen molar-refractivity contribution in [2.75, 3.05) is 24.7 Å². The maximum atomic E-state index is 13.0. The molecule has 0 aromatic carbocycles. The van der Waals surface area contributed by atoms with Crippen molar-refractivity contribution < 1.29 is 57.1 Å². The molecule has 6 heterocycles. The number of H-pyrrole nitrogens is 2. The van der Waals surface area contributed by atoms with Crippen LogP contribution >= 0.6 is 15.6 Å². The number of pyridine rings is 1. The number of nitrogens with one attached hydrogen (secondary N) is 2. The molecule has 6 rings (SSSR count). The van der Waals surface area contributed by atoms with Crippen LogP contribution in [-0.2, 0) is 32.2 Å². The lowest BCUT2D eigenvalue weighted by Crippen LogP contribution is -2.36. The lowest BCUT2D eigenvalue weighted by molar-refractivity contribution is -0.0555. The number of hydrogen-bond donors (Lipinski definition) is 9. The largest absolute Gasteiger partial charge is 0.472 e. The Hall–Kier alpha value is -3.57. The van der Waals surface area contributed by atoms with E-state index in [0.717, 1.165) is 6.33 Å². The first kappa shape index (κ1) is 32.4. The minimum Gasteiger partial charge on any atom is -0.388 e. The Bertz CT molecular complexity index is 1990. The first-order chi connectivity index (χ1) is 21.6. The van der Waals surface area contributed by atoms with Gasteiger partial charge in [0, 0.05) is 12.5 Å². The van der Waals surface area contributed by atoms with E-state index in [2.05, 4.69) is 29.4 Å². The molecule has 4 aromatic rings. The van der Waals surface area contributed by atoms with Gasteiger partial charge in [0.1, 0.15) is 30.2 Å². The number of aliphatic hydroxyl groups excluding tert-OH is 2. The van der Waals surface area contributed by atoms with E-state index >= 15 is 0 Å². The van der Waals surface area contributed by atoms with Crippen LogP contribution in [0.4, 0.5) is 11.8 Å². The number of nitrogens with zero attached hydrogens (tertiary/aromatic N) is 5. The number of nitrogens with two attached hydrogens (primary N) is 2. The van der Waals surface area contributed by atoms with Crippen LogP contribution in [0.15, 0.2) is 28.3 Å². The highest BCUT2D eigenvalue weighted by atomic mass is 31.2. The molecule has 25 heteroatoms. The third kappa shape index (κ3) is 6.36. The summed E-state index contributed by atoms with van der Waals surface area (Å²) >= 11 is 0. The third-order valence-electron chi connectivity index (χ3n) is 7.16. The van der Waals surface area contributed by atoms with Gasteiger partial charge in [-0.1, -0.05) is 0 Å². The lowest BCUT2D eigenvalue weighted by Gasteiger charge is -2.24. The number of rotatable bonds is 10. The van der Waals surface area contributed by atoms with Gasteiger partial charge < -0.3 is 55.4 Å². The van der Waals surface area contributed by atoms with Gasteiger partial charge in [-0.3, -0.25) is 32.7 Å². The van der Waals surface area contributed by atoms with Crippen LogP contribution in [0.3, 0.4) is 0 Å². The van der Waals surface area contributed by atoms with E-state index in [9.17, 15) is 43.6 Å². The molecule has 0 bridgehead atoms. The number of hydrogen-bond acceptors (Lipinski definition) is 16. The number of nitrogen functional groups attached to an aromatic ring is 2. The van der Waals surface area contributed by atoms with E-state index < -0.39 is 83.0 Å². The first-order valence-corrected chi connectivity index (χ1v) is 16.2. The Morgan fingerprint density at radius 1 is 0.957 bits per heavy atom. The molecule has 2 fully saturated rings. The molecule has 2 aliphatic rings. The molecule has 4 aromatic heterocycles. The average Bonchev–Trinajstić information content (AvgIpc) is 3.72. The van der Waals surface area contributed by atoms with Crippen molar-refractivity contribution in [2.45, 2.75) is 49.4 Å². The summed E-state index contributed by atoms with van der Waals surface area (Å²) in [5.41, 5.74) is 10.0. The maximum absolute atomic E-state index is 13.0. The zero-order valence-corrected chi connectivity index (χ0v) is 24.9. The van der Waals surface area contributed by atoms with E-state index in [4.69, 9.17) is 30.0 Å². The molecule has 46 heavy (non-hydrogen) atoms. The lowest BCUT2D eigenvalue weighted by atomic mass is 10.1. The van der Waals surface area contributed by atoms with Crippen LogP contribution in [0.2, 0.25) is 0 Å². The first-order valence-electron chi connectivity index (χ1n) is 13.2. The Labute approximate surface area is 254 Å². The summed E-state index contributed by atoms with van der Waals surface area (Å²) in [5.74, 6) is -0.250. The Morgan fingerprint density at radius 2 is 1.65 bits per heavy atom. The second-order valence-corrected chi connectivity index (χ2v) is 13.0. The van der Waals surface area contributed by atoms with Gasteiger partial charge >= 0.3 is 15.6 Å². The van der Waals surface area contributed by atoms with Crippen LogP contribution in [0, 0.1) is 0 Å². The van der Waals surface area contributed by atoms with Gasteiger partial charge in [0.25, 0.3) is 11.1 Å². The number of imidazole rings is 2. The molecular weight excluding hydrogens is 664 g/mol. The van der Waals surface area contributed by atoms with E-state index in [1.165, 1.54) is 21.5 Å². The Balaban J connectivity index is 1.17. The number of aromatic nitrogens is 7. The molecule has 0 saturated carbocycles. The molecule has 0 aliphatic carbocycles. The zero-order valence-electron chi connectivity index (χ0n) is 23.1. The van der Waals surface area contributed by atoms with Crippen molar-refractivity contribution in [1.29, 1.82) is 0 Å². The van der Waals surface area contributed by atoms with Gasteiger partial charge in [-0.05, 0) is 0 Å². The Kier molecular flexibility index (Phi) is 8.38. The highest BCUT2D eigenvalue weighted by Gasteiger charge is 2.50. The summed E-state index contributed by atoms with van der Waals surface area (Å²) in [5, 5.41) is 21.7. The molecule has 2 saturated heterocycles. The van der Waals surface area contributed by atoms with Gasteiger partial charge in [-0.2, -0.15) is 4.98 Å². The molecule has 1 unspecified atom stereocenters. The van der Waals surface area contributed by atoms with E-state index in [1.54, 1.807) is 0 Å². The molecule has 8 atom stereocenters. The predicted octanol–water partition coefficient (Wildman–Crippen LogP) is -2.46. The fourth-order valence-corrected chi connectivity index (χ4v) is 6.55. The predicted molar refractivity (Wildman–Crippen MR) is 150 cm³/mol. The summed E-state index contributed by atoms with van der Waals surface area (Å²) in [6.45, 7) is -1.52. The SMILES string of the molecule is Nc1cc2c(ncn2[C@@H]2O[C@H](COP(=O)(O)O)[C@@H](OP(=O)(O)OC[C@@H]3C[C@@H](O)[C@H](n4cnc5c(=O)[nH]c(N)nc54)O3)[C@H]2O)c(=O)[nH]1. The summed E-state index contributed by atoms with van der Waals surface area (Å²) in [4.78, 5) is 69.8. The Morgan fingerprint density at radius 3 is 2.39 bits per heavy atom. The van der Waals surface area contributed by atoms with Gasteiger partial charge in [-0.15, -0.1) is 0 Å². The maximum Gasteiger partial charge on any atom is 0.472 e. The van der Waals surface area contributed by atoms with Gasteiger partial charge in [0.15, 0.2) is 29.1 Å². The van der Waals surface area contributed by atoms with E-state index in [-0.39, 0.29) is 40.4 Å². The minimum atomic E-state index is -5.10. The summed E-state index contributed by atoms with van der Waals surface area (Å²) < 4.78 is 53.1. The normalized spacial score (nSPS) is 28.3. The average molecular weight is 691 g/mol. The van der Waals surface area contributed by atoms with E-state index in [0.29, 0.717) is 0 Å². The van der Waals surface area contributed by atoms with Gasteiger partial charge in [-0.25, -0.2) is 19.1 Å². The molecule has 11 N–H and O–H groups in total. The number of anilines is 2. The smallest absolute Gasteiger partial charge is 0.388 e. The van der Waals surface area contributed by atoms with Crippen LogP contribution in [0.25, 0.3) is 22.2 Å². The number of aliphatic hydroxyl groups is 2. The van der Waals surface area contributed by atoms with Crippen molar-refractivity contribution in [1.82, 2.24) is 34.1 Å². The molecular formula is C21H27N9O14P2. The number of phosphoric ester groups is 2. The second kappa shape index (κ2) is 11.9. The third-order valence-corrected chi connectivity index (χ3v) is 8.63. The van der Waals surface area contributed by atoms with Crippen LogP contribution in [0.1, 0.15) is 18.9 Å². The number of aromatic amines is 2. The van der Waals surface area contributed by atoms with Gasteiger partial charge in [0.2, 0.25) is 5.95 Å². The van der Waals surface area contributed by atoms with Crippen molar-refractivity contribution in [3.05, 3.63) is 39.4 Å². The molecule has 2 aliphatic heterocycles. The fourth-order valence-electron chi connectivity index (χ4n) is 5.23. The highest BCUT2D eigenvalue weighted by Crippen LogP contribution is 2.50. The second-order valence-electron chi connectivity index (χ2n) is 10.3. The summed E-state index contributed by atoms with van der Waals surface area (Å²) in [6, 6.07) is 1.31. The minimum absolute atomic E-state index is 0.0225. The standard InChI is InChI=1S/C21H27N9O14P2/c22-11-2-8-12(17(33)26-11)24-5-29(8)20-14(32)15(10(43-20)4-40-45(35,36)37)44-46(38,39)41-3-7-1-9(31)19(42-7)30-6-25-13-16(30)27-21(23)28-18(13)34/h2,5-7,9-10,14-15,19-20,31-32H,1,3-4H2,(H,38,39)(H3,22,26,33)(H2,35,36,37)(H3,23,27,28,34)/t7-,9+,10+,14+,15+,19+,20+/m0/s1. The number of ether oxygens (including phenoxy) is 2. The quantitative estimate of drug-likeness (QED) is 0.0778. The summed E-state index contributed by atoms with van der Waals surface area (Å²) in [7, 11) is -10.2.